The highest BCUT2D eigenvalue weighted by Gasteiger charge is 2.11. The molecule has 5 nitrogen and oxygen atoms in total. The average molecular weight is 227 g/mol. The van der Waals surface area contributed by atoms with E-state index in [2.05, 4.69) is 10.1 Å². The summed E-state index contributed by atoms with van der Waals surface area (Å²) in [6.45, 7) is 0. The molecule has 84 valence electrons. The molecule has 3 rings (SSSR count). The lowest BCUT2D eigenvalue weighted by Crippen LogP contribution is -2.20. The first kappa shape index (κ1) is 9.77. The zero-order valence-electron chi connectivity index (χ0n) is 9.12. The second-order valence-electron chi connectivity index (χ2n) is 3.73. The molecule has 0 atom stereocenters. The highest BCUT2D eigenvalue weighted by molar-refractivity contribution is 5.77. The van der Waals surface area contributed by atoms with E-state index in [1.54, 1.807) is 11.6 Å². The van der Waals surface area contributed by atoms with Crippen molar-refractivity contribution in [2.75, 3.05) is 0 Å². The van der Waals surface area contributed by atoms with Crippen molar-refractivity contribution in [2.24, 2.45) is 7.05 Å². The molecule has 0 radical (unpaired) electrons. The van der Waals surface area contributed by atoms with Gasteiger partial charge in [-0.15, -0.1) is 0 Å². The lowest BCUT2D eigenvalue weighted by Gasteiger charge is -2.05. The van der Waals surface area contributed by atoms with Crippen LogP contribution in [0.2, 0.25) is 0 Å². The van der Waals surface area contributed by atoms with Crippen molar-refractivity contribution in [3.8, 4) is 11.3 Å². The van der Waals surface area contributed by atoms with Crippen molar-refractivity contribution < 1.29 is 4.52 Å². The maximum Gasteiger partial charge on any atom is 0.277 e. The highest BCUT2D eigenvalue weighted by Crippen LogP contribution is 2.15. The van der Waals surface area contributed by atoms with E-state index in [1.165, 1.54) is 12.5 Å². The van der Waals surface area contributed by atoms with Gasteiger partial charge >= 0.3 is 0 Å². The highest BCUT2D eigenvalue weighted by atomic mass is 16.5. The van der Waals surface area contributed by atoms with Gasteiger partial charge in [0.15, 0.2) is 0 Å². The zero-order valence-corrected chi connectivity index (χ0v) is 9.12. The first-order chi connectivity index (χ1) is 8.27. The number of para-hydroxylation sites is 2. The molecule has 2 heterocycles. The minimum Gasteiger partial charge on any atom is -0.364 e. The minimum atomic E-state index is -0.160. The van der Waals surface area contributed by atoms with E-state index in [9.17, 15) is 4.79 Å². The first-order valence-corrected chi connectivity index (χ1v) is 5.13. The molecular formula is C12H9N3O2. The van der Waals surface area contributed by atoms with Crippen LogP contribution in [0.25, 0.3) is 22.3 Å². The van der Waals surface area contributed by atoms with Gasteiger partial charge in [-0.1, -0.05) is 17.3 Å². The average Bonchev–Trinajstić information content (AvgIpc) is 2.87. The Labute approximate surface area is 96.3 Å². The molecule has 0 fully saturated rings. The van der Waals surface area contributed by atoms with Crippen molar-refractivity contribution >= 4 is 11.0 Å². The summed E-state index contributed by atoms with van der Waals surface area (Å²) >= 11 is 0. The Hall–Kier alpha value is -2.43. The van der Waals surface area contributed by atoms with Crippen molar-refractivity contribution in [3.63, 3.8) is 0 Å². The molecule has 0 N–H and O–H groups in total. The minimum absolute atomic E-state index is 0.160. The van der Waals surface area contributed by atoms with Crippen LogP contribution in [0.15, 0.2) is 46.0 Å². The number of aryl methyl sites for hydroxylation is 1. The molecular weight excluding hydrogens is 218 g/mol. The molecule has 3 aromatic rings. The summed E-state index contributed by atoms with van der Waals surface area (Å²) in [4.78, 5) is 16.5. The van der Waals surface area contributed by atoms with Crippen molar-refractivity contribution in [3.05, 3.63) is 47.1 Å². The van der Waals surface area contributed by atoms with Gasteiger partial charge in [0, 0.05) is 7.05 Å². The monoisotopic (exact) mass is 227 g/mol. The molecule has 5 heteroatoms. The number of nitrogens with zero attached hydrogens (tertiary/aromatic N) is 3. The van der Waals surface area contributed by atoms with Crippen LogP contribution in [0.4, 0.5) is 0 Å². The fourth-order valence-electron chi connectivity index (χ4n) is 1.79. The van der Waals surface area contributed by atoms with Crippen LogP contribution in [-0.4, -0.2) is 14.7 Å². The molecule has 0 aliphatic rings. The summed E-state index contributed by atoms with van der Waals surface area (Å²) in [5.41, 5.74) is 2.36. The molecule has 0 saturated heterocycles. The third-order valence-electron chi connectivity index (χ3n) is 2.69. The van der Waals surface area contributed by atoms with Crippen LogP contribution in [0.3, 0.4) is 0 Å². The van der Waals surface area contributed by atoms with Gasteiger partial charge < -0.3 is 9.09 Å². The Balaban J connectivity index is 2.42. The largest absolute Gasteiger partial charge is 0.364 e. The SMILES string of the molecule is Cn1c(=O)c(-c2cnoc2)nc2ccccc21. The van der Waals surface area contributed by atoms with Crippen LogP contribution in [0, 0.1) is 0 Å². The lowest BCUT2D eigenvalue weighted by molar-refractivity contribution is 0.420. The summed E-state index contributed by atoms with van der Waals surface area (Å²) < 4.78 is 6.31. The predicted octanol–water partition coefficient (Wildman–Crippen LogP) is 1.59. The van der Waals surface area contributed by atoms with E-state index >= 15 is 0 Å². The Morgan fingerprint density at radius 3 is 2.88 bits per heavy atom. The second-order valence-corrected chi connectivity index (χ2v) is 3.73. The third-order valence-corrected chi connectivity index (χ3v) is 2.69. The van der Waals surface area contributed by atoms with Gasteiger partial charge in [0.25, 0.3) is 5.56 Å². The summed E-state index contributed by atoms with van der Waals surface area (Å²) in [7, 11) is 1.73. The number of hydrogen-bond acceptors (Lipinski definition) is 4. The van der Waals surface area contributed by atoms with Crippen molar-refractivity contribution in [1.29, 1.82) is 0 Å². The van der Waals surface area contributed by atoms with Gasteiger partial charge in [-0.25, -0.2) is 4.98 Å². The second kappa shape index (κ2) is 3.55. The molecule has 0 spiro atoms. The third kappa shape index (κ3) is 1.44. The van der Waals surface area contributed by atoms with E-state index in [1.807, 2.05) is 24.3 Å². The maximum atomic E-state index is 12.1. The van der Waals surface area contributed by atoms with E-state index in [-0.39, 0.29) is 5.56 Å². The molecule has 2 aromatic heterocycles. The van der Waals surface area contributed by atoms with E-state index in [4.69, 9.17) is 4.52 Å². The van der Waals surface area contributed by atoms with Crippen LogP contribution >= 0.6 is 0 Å². The summed E-state index contributed by atoms with van der Waals surface area (Å²) in [5, 5.41) is 3.59. The maximum absolute atomic E-state index is 12.1. The molecule has 0 aliphatic heterocycles. The normalized spacial score (nSPS) is 10.9. The summed E-state index contributed by atoms with van der Waals surface area (Å²) in [6, 6.07) is 7.49. The molecule has 0 aliphatic carbocycles. The lowest BCUT2D eigenvalue weighted by atomic mass is 10.2. The Kier molecular flexibility index (Phi) is 2.04. The van der Waals surface area contributed by atoms with Crippen LogP contribution in [0.5, 0.6) is 0 Å². The quantitative estimate of drug-likeness (QED) is 0.633. The number of hydrogen-bond donors (Lipinski definition) is 0. The molecule has 0 unspecified atom stereocenters. The van der Waals surface area contributed by atoms with Gasteiger partial charge in [-0.3, -0.25) is 4.79 Å². The van der Waals surface area contributed by atoms with E-state index < -0.39 is 0 Å². The van der Waals surface area contributed by atoms with Gasteiger partial charge in [-0.05, 0) is 12.1 Å². The number of aromatic nitrogens is 3. The molecule has 0 saturated carbocycles. The van der Waals surface area contributed by atoms with E-state index in [0.29, 0.717) is 11.3 Å². The Morgan fingerprint density at radius 2 is 2.12 bits per heavy atom. The number of rotatable bonds is 1. The Morgan fingerprint density at radius 1 is 1.29 bits per heavy atom. The van der Waals surface area contributed by atoms with Gasteiger partial charge in [0.05, 0.1) is 22.8 Å². The number of benzene rings is 1. The predicted molar refractivity (Wildman–Crippen MR) is 62.5 cm³/mol. The van der Waals surface area contributed by atoms with Gasteiger partial charge in [-0.2, -0.15) is 0 Å². The zero-order chi connectivity index (χ0) is 11.8. The van der Waals surface area contributed by atoms with Gasteiger partial charge in [0.2, 0.25) is 0 Å². The summed E-state index contributed by atoms with van der Waals surface area (Å²) in [5.74, 6) is 0. The van der Waals surface area contributed by atoms with Crippen molar-refractivity contribution in [1.82, 2.24) is 14.7 Å². The smallest absolute Gasteiger partial charge is 0.277 e. The molecule has 17 heavy (non-hydrogen) atoms. The van der Waals surface area contributed by atoms with Crippen molar-refractivity contribution in [2.45, 2.75) is 0 Å². The van der Waals surface area contributed by atoms with Crippen LogP contribution < -0.4 is 5.56 Å². The molecule has 0 bridgehead atoms. The molecule has 0 amide bonds. The topological polar surface area (TPSA) is 60.9 Å². The van der Waals surface area contributed by atoms with E-state index in [0.717, 1.165) is 11.0 Å². The molecule has 1 aromatic carbocycles. The standard InChI is InChI=1S/C12H9N3O2/c1-15-10-5-3-2-4-9(10)14-11(12(15)16)8-6-13-17-7-8/h2-7H,1H3. The fourth-order valence-corrected chi connectivity index (χ4v) is 1.79. The van der Waals surface area contributed by atoms with Gasteiger partial charge in [0.1, 0.15) is 12.0 Å². The van der Waals surface area contributed by atoms with Crippen LogP contribution in [-0.2, 0) is 7.05 Å². The van der Waals surface area contributed by atoms with Crippen LogP contribution in [0.1, 0.15) is 0 Å². The fraction of sp³-hybridized carbons (Fsp3) is 0.0833. The number of fused-ring (bicyclic) bond motifs is 1. The summed E-state index contributed by atoms with van der Waals surface area (Å²) in [6.07, 6.45) is 2.90. The first-order valence-electron chi connectivity index (χ1n) is 5.13. The Bertz CT molecular complexity index is 729.